The van der Waals surface area contributed by atoms with Crippen LogP contribution in [0.4, 0.5) is 0 Å². The summed E-state index contributed by atoms with van der Waals surface area (Å²) in [6, 6.07) is 6.01. The Balaban J connectivity index is 2.03. The Hall–Kier alpha value is -0.970. The Morgan fingerprint density at radius 2 is 2.00 bits per heavy atom. The zero-order chi connectivity index (χ0) is 14.8. The zero-order valence-electron chi connectivity index (χ0n) is 12.3. The minimum atomic E-state index is 0.137. The second-order valence-electron chi connectivity index (χ2n) is 5.89. The van der Waals surface area contributed by atoms with Crippen molar-refractivity contribution in [3.63, 3.8) is 0 Å². The molecule has 0 aliphatic heterocycles. The van der Waals surface area contributed by atoms with E-state index in [1.165, 1.54) is 0 Å². The number of nitrogens with zero attached hydrogens (tertiary/aromatic N) is 2. The molecule has 108 valence electrons. The van der Waals surface area contributed by atoms with Gasteiger partial charge in [0.05, 0.1) is 0 Å². The molecule has 0 amide bonds. The highest BCUT2D eigenvalue weighted by molar-refractivity contribution is 7.14. The van der Waals surface area contributed by atoms with Gasteiger partial charge in [0.15, 0.2) is 0 Å². The van der Waals surface area contributed by atoms with Gasteiger partial charge in [-0.15, -0.1) is 10.2 Å². The number of hydrogen-bond donors (Lipinski definition) is 1. The number of nitrogens with one attached hydrogen (secondary N) is 1. The minimum absolute atomic E-state index is 0.137. The lowest BCUT2D eigenvalue weighted by Gasteiger charge is -2.19. The zero-order valence-corrected chi connectivity index (χ0v) is 13.9. The van der Waals surface area contributed by atoms with Gasteiger partial charge < -0.3 is 5.32 Å². The van der Waals surface area contributed by atoms with E-state index < -0.39 is 0 Å². The lowest BCUT2D eigenvalue weighted by atomic mass is 10.1. The molecule has 0 unspecified atom stereocenters. The normalized spacial score (nSPS) is 11.8. The second-order valence-corrected chi connectivity index (χ2v) is 7.36. The highest BCUT2D eigenvalue weighted by Crippen LogP contribution is 2.27. The number of hydrogen-bond acceptors (Lipinski definition) is 4. The Morgan fingerprint density at radius 1 is 1.25 bits per heavy atom. The van der Waals surface area contributed by atoms with E-state index in [4.69, 9.17) is 11.6 Å². The van der Waals surface area contributed by atoms with Crippen molar-refractivity contribution in [3.8, 4) is 10.6 Å². The van der Waals surface area contributed by atoms with Gasteiger partial charge in [-0.3, -0.25) is 0 Å². The maximum atomic E-state index is 6.15. The first-order valence-electron chi connectivity index (χ1n) is 6.69. The molecule has 1 N–H and O–H groups in total. The summed E-state index contributed by atoms with van der Waals surface area (Å²) in [6.45, 7) is 9.38. The van der Waals surface area contributed by atoms with Gasteiger partial charge in [0.25, 0.3) is 0 Å². The van der Waals surface area contributed by atoms with Gasteiger partial charge >= 0.3 is 0 Å². The van der Waals surface area contributed by atoms with Crippen LogP contribution in [0.25, 0.3) is 10.6 Å². The SMILES string of the molecule is Cc1ccc(-c2nnc(CCNC(C)(C)C)s2)cc1Cl. The van der Waals surface area contributed by atoms with Crippen molar-refractivity contribution in [1.82, 2.24) is 15.5 Å². The molecule has 0 atom stereocenters. The summed E-state index contributed by atoms with van der Waals surface area (Å²) >= 11 is 7.78. The highest BCUT2D eigenvalue weighted by Gasteiger charge is 2.11. The van der Waals surface area contributed by atoms with Gasteiger partial charge in [0.1, 0.15) is 10.0 Å². The van der Waals surface area contributed by atoms with Crippen LogP contribution in [0, 0.1) is 6.92 Å². The molecule has 0 saturated heterocycles. The Kier molecular flexibility index (Phi) is 4.78. The molecule has 0 saturated carbocycles. The van der Waals surface area contributed by atoms with Crippen LogP contribution in [0.3, 0.4) is 0 Å². The summed E-state index contributed by atoms with van der Waals surface area (Å²) in [4.78, 5) is 0. The Morgan fingerprint density at radius 3 is 2.65 bits per heavy atom. The first-order valence-corrected chi connectivity index (χ1v) is 7.88. The van der Waals surface area contributed by atoms with E-state index in [0.29, 0.717) is 0 Å². The molecule has 0 spiro atoms. The van der Waals surface area contributed by atoms with Gasteiger partial charge in [-0.1, -0.05) is 35.1 Å². The van der Waals surface area contributed by atoms with Gasteiger partial charge in [0, 0.05) is 29.1 Å². The van der Waals surface area contributed by atoms with E-state index in [2.05, 4.69) is 36.3 Å². The van der Waals surface area contributed by atoms with Crippen LogP contribution in [-0.4, -0.2) is 22.3 Å². The van der Waals surface area contributed by atoms with Crippen LogP contribution in [0.15, 0.2) is 18.2 Å². The fourth-order valence-electron chi connectivity index (χ4n) is 1.74. The smallest absolute Gasteiger partial charge is 0.147 e. The third kappa shape index (κ3) is 4.27. The van der Waals surface area contributed by atoms with Crippen LogP contribution in [0.2, 0.25) is 5.02 Å². The summed E-state index contributed by atoms with van der Waals surface area (Å²) in [5.41, 5.74) is 2.25. The number of halogens is 1. The maximum Gasteiger partial charge on any atom is 0.147 e. The van der Waals surface area contributed by atoms with Crippen LogP contribution >= 0.6 is 22.9 Å². The molecule has 1 aromatic heterocycles. The predicted octanol–water partition coefficient (Wildman–Crippen LogP) is 4.10. The largest absolute Gasteiger partial charge is 0.312 e. The van der Waals surface area contributed by atoms with Crippen molar-refractivity contribution in [2.24, 2.45) is 0 Å². The van der Waals surface area contributed by atoms with Crippen LogP contribution in [0.1, 0.15) is 31.3 Å². The molecule has 0 aliphatic carbocycles. The van der Waals surface area contributed by atoms with Gasteiger partial charge in [-0.25, -0.2) is 0 Å². The van der Waals surface area contributed by atoms with Crippen molar-refractivity contribution in [2.45, 2.75) is 39.7 Å². The summed E-state index contributed by atoms with van der Waals surface area (Å²) in [5, 5.41) is 14.7. The standard InChI is InChI=1S/C15H20ClN3S/c1-10-5-6-11(9-12(10)16)14-19-18-13(20-14)7-8-17-15(2,3)4/h5-6,9,17H,7-8H2,1-4H3. The molecule has 1 aromatic carbocycles. The Labute approximate surface area is 129 Å². The van der Waals surface area contributed by atoms with Crippen LogP contribution in [0.5, 0.6) is 0 Å². The first-order chi connectivity index (χ1) is 9.35. The van der Waals surface area contributed by atoms with Gasteiger partial charge in [-0.2, -0.15) is 0 Å². The molecule has 5 heteroatoms. The predicted molar refractivity (Wildman–Crippen MR) is 86.6 cm³/mol. The van der Waals surface area contributed by atoms with Gasteiger partial charge in [-0.05, 0) is 39.3 Å². The first kappa shape index (κ1) is 15.4. The molecule has 1 heterocycles. The third-order valence-electron chi connectivity index (χ3n) is 2.88. The summed E-state index contributed by atoms with van der Waals surface area (Å²) in [5.74, 6) is 0. The van der Waals surface area contributed by atoms with E-state index in [9.17, 15) is 0 Å². The number of aryl methyl sites for hydroxylation is 1. The Bertz CT molecular complexity index is 587. The minimum Gasteiger partial charge on any atom is -0.312 e. The molecular weight excluding hydrogens is 290 g/mol. The summed E-state index contributed by atoms with van der Waals surface area (Å²) < 4.78 is 0. The molecule has 0 aliphatic rings. The highest BCUT2D eigenvalue weighted by atomic mass is 35.5. The number of aromatic nitrogens is 2. The van der Waals surface area contributed by atoms with Crippen molar-refractivity contribution < 1.29 is 0 Å². The monoisotopic (exact) mass is 309 g/mol. The molecular formula is C15H20ClN3S. The molecule has 2 aromatic rings. The van der Waals surface area contributed by atoms with Crippen molar-refractivity contribution >= 4 is 22.9 Å². The second kappa shape index (κ2) is 6.20. The number of benzene rings is 1. The fourth-order valence-corrected chi connectivity index (χ4v) is 2.76. The fraction of sp³-hybridized carbons (Fsp3) is 0.467. The average Bonchev–Trinajstić information content (AvgIpc) is 2.80. The van der Waals surface area contributed by atoms with E-state index in [1.807, 2.05) is 25.1 Å². The van der Waals surface area contributed by atoms with E-state index in [0.717, 1.165) is 39.1 Å². The lowest BCUT2D eigenvalue weighted by molar-refractivity contribution is 0.429. The van der Waals surface area contributed by atoms with Crippen LogP contribution < -0.4 is 5.32 Å². The van der Waals surface area contributed by atoms with E-state index >= 15 is 0 Å². The molecule has 0 bridgehead atoms. The van der Waals surface area contributed by atoms with Gasteiger partial charge in [0.2, 0.25) is 0 Å². The van der Waals surface area contributed by atoms with E-state index in [-0.39, 0.29) is 5.54 Å². The number of rotatable bonds is 4. The average molecular weight is 310 g/mol. The molecule has 0 radical (unpaired) electrons. The summed E-state index contributed by atoms with van der Waals surface area (Å²) in [6.07, 6.45) is 0.897. The summed E-state index contributed by atoms with van der Waals surface area (Å²) in [7, 11) is 0. The van der Waals surface area contributed by atoms with Crippen molar-refractivity contribution in [2.75, 3.05) is 6.54 Å². The quantitative estimate of drug-likeness (QED) is 0.924. The van der Waals surface area contributed by atoms with Crippen LogP contribution in [-0.2, 0) is 6.42 Å². The van der Waals surface area contributed by atoms with E-state index in [1.54, 1.807) is 11.3 Å². The third-order valence-corrected chi connectivity index (χ3v) is 4.32. The molecule has 0 fully saturated rings. The molecule has 2 rings (SSSR count). The lowest BCUT2D eigenvalue weighted by Crippen LogP contribution is -2.37. The molecule has 3 nitrogen and oxygen atoms in total. The maximum absolute atomic E-state index is 6.15. The molecule has 20 heavy (non-hydrogen) atoms. The van der Waals surface area contributed by atoms with Crippen molar-refractivity contribution in [1.29, 1.82) is 0 Å². The topological polar surface area (TPSA) is 37.8 Å². The van der Waals surface area contributed by atoms with Crippen molar-refractivity contribution in [3.05, 3.63) is 33.8 Å².